The molecule has 2 N–H and O–H groups in total. The van der Waals surface area contributed by atoms with Crippen LogP contribution in [-0.2, 0) is 4.74 Å². The van der Waals surface area contributed by atoms with Gasteiger partial charge in [-0.1, -0.05) is 0 Å². The van der Waals surface area contributed by atoms with Gasteiger partial charge in [0.1, 0.15) is 0 Å². The van der Waals surface area contributed by atoms with Crippen molar-refractivity contribution in [3.8, 4) is 0 Å². The van der Waals surface area contributed by atoms with E-state index < -0.39 is 0 Å². The normalized spacial score (nSPS) is 31.5. The van der Waals surface area contributed by atoms with Gasteiger partial charge in [-0.25, -0.2) is 0 Å². The Balaban J connectivity index is 1.86. The second-order valence-electron chi connectivity index (χ2n) is 4.38. The fraction of sp³-hybridized carbons (Fsp3) is 0.900. The van der Waals surface area contributed by atoms with Crippen LogP contribution in [0.15, 0.2) is 0 Å². The van der Waals surface area contributed by atoms with Gasteiger partial charge in [0.25, 0.3) is 0 Å². The minimum absolute atomic E-state index is 0.0624. The van der Waals surface area contributed by atoms with E-state index in [1.165, 1.54) is 12.8 Å². The molecule has 0 amide bonds. The topological polar surface area (TPSA) is 44.7 Å². The lowest BCUT2D eigenvalue weighted by atomic mass is 10.2. The molecule has 1 saturated carbocycles. The summed E-state index contributed by atoms with van der Waals surface area (Å²) in [5.74, 6) is 0. The van der Waals surface area contributed by atoms with Crippen LogP contribution in [0.3, 0.4) is 0 Å². The largest absolute Gasteiger partial charge is 0.394 e. The van der Waals surface area contributed by atoms with Crippen LogP contribution >= 0.6 is 12.2 Å². The zero-order valence-corrected chi connectivity index (χ0v) is 9.80. The first-order valence-electron chi connectivity index (χ1n) is 5.51. The summed E-state index contributed by atoms with van der Waals surface area (Å²) in [4.78, 5) is 2.10. The maximum absolute atomic E-state index is 9.09. The van der Waals surface area contributed by atoms with E-state index >= 15 is 0 Å². The van der Waals surface area contributed by atoms with Crippen LogP contribution in [0.4, 0.5) is 0 Å². The second kappa shape index (κ2) is 4.63. The van der Waals surface area contributed by atoms with Gasteiger partial charge in [0.2, 0.25) is 0 Å². The molecule has 86 valence electrons. The number of nitrogens with one attached hydrogen (secondary N) is 1. The summed E-state index contributed by atoms with van der Waals surface area (Å²) in [6.07, 6.45) is 2.48. The van der Waals surface area contributed by atoms with E-state index in [1.54, 1.807) is 0 Å². The third-order valence-electron chi connectivity index (χ3n) is 2.72. The lowest BCUT2D eigenvalue weighted by molar-refractivity contribution is -0.0786. The van der Waals surface area contributed by atoms with Crippen molar-refractivity contribution in [2.75, 3.05) is 19.7 Å². The number of ether oxygens (including phenoxy) is 1. The van der Waals surface area contributed by atoms with Crippen LogP contribution in [0.5, 0.6) is 0 Å². The van der Waals surface area contributed by atoms with E-state index in [4.69, 9.17) is 22.1 Å². The van der Waals surface area contributed by atoms with Crippen molar-refractivity contribution in [1.29, 1.82) is 0 Å². The van der Waals surface area contributed by atoms with E-state index in [0.29, 0.717) is 12.6 Å². The molecule has 0 aromatic heterocycles. The Bertz CT molecular complexity index is 246. The molecule has 2 fully saturated rings. The van der Waals surface area contributed by atoms with Gasteiger partial charge in [0.15, 0.2) is 5.11 Å². The number of morpholine rings is 1. The van der Waals surface area contributed by atoms with Crippen molar-refractivity contribution < 1.29 is 9.84 Å². The van der Waals surface area contributed by atoms with Crippen molar-refractivity contribution in [3.63, 3.8) is 0 Å². The molecule has 0 radical (unpaired) electrons. The zero-order valence-electron chi connectivity index (χ0n) is 8.98. The quantitative estimate of drug-likeness (QED) is 0.659. The van der Waals surface area contributed by atoms with Crippen molar-refractivity contribution >= 4 is 17.3 Å². The molecule has 0 aromatic carbocycles. The van der Waals surface area contributed by atoms with Crippen LogP contribution in [0.2, 0.25) is 0 Å². The molecule has 0 bridgehead atoms. The Morgan fingerprint density at radius 1 is 1.53 bits per heavy atom. The summed E-state index contributed by atoms with van der Waals surface area (Å²) in [5, 5.41) is 13.2. The van der Waals surface area contributed by atoms with E-state index in [2.05, 4.69) is 10.2 Å². The highest BCUT2D eigenvalue weighted by Crippen LogP contribution is 2.20. The minimum atomic E-state index is -0.104. The van der Waals surface area contributed by atoms with E-state index in [-0.39, 0.29) is 18.8 Å². The molecule has 2 rings (SSSR count). The van der Waals surface area contributed by atoms with Gasteiger partial charge < -0.3 is 20.1 Å². The first-order chi connectivity index (χ1) is 7.19. The molecule has 4 nitrogen and oxygen atoms in total. The predicted molar refractivity (Wildman–Crippen MR) is 61.7 cm³/mol. The Morgan fingerprint density at radius 3 is 2.87 bits per heavy atom. The van der Waals surface area contributed by atoms with Gasteiger partial charge in [-0.3, -0.25) is 0 Å². The Kier molecular flexibility index (Phi) is 3.43. The average Bonchev–Trinajstić information content (AvgIpc) is 3.00. The molecular weight excluding hydrogens is 212 g/mol. The number of hydrogen-bond acceptors (Lipinski definition) is 3. The molecule has 0 spiro atoms. The molecule has 1 saturated heterocycles. The molecule has 2 unspecified atom stereocenters. The summed E-state index contributed by atoms with van der Waals surface area (Å²) >= 11 is 5.32. The Morgan fingerprint density at radius 2 is 2.27 bits per heavy atom. The molecule has 15 heavy (non-hydrogen) atoms. The van der Waals surface area contributed by atoms with Gasteiger partial charge in [0.05, 0.1) is 18.8 Å². The lowest BCUT2D eigenvalue weighted by Gasteiger charge is -2.37. The molecule has 1 aliphatic carbocycles. The fourth-order valence-corrected chi connectivity index (χ4v) is 2.12. The number of aliphatic hydroxyl groups is 1. The molecule has 1 heterocycles. The maximum Gasteiger partial charge on any atom is 0.169 e. The highest BCUT2D eigenvalue weighted by molar-refractivity contribution is 7.80. The van der Waals surface area contributed by atoms with Crippen molar-refractivity contribution in [2.24, 2.45) is 0 Å². The molecule has 5 heteroatoms. The maximum atomic E-state index is 9.09. The molecule has 2 aliphatic rings. The van der Waals surface area contributed by atoms with Gasteiger partial charge in [-0.2, -0.15) is 0 Å². The summed E-state index contributed by atoms with van der Waals surface area (Å²) in [7, 11) is 0. The highest BCUT2D eigenvalue weighted by Gasteiger charge is 2.29. The van der Waals surface area contributed by atoms with Crippen molar-refractivity contribution in [3.05, 3.63) is 0 Å². The molecule has 0 aromatic rings. The van der Waals surface area contributed by atoms with Crippen molar-refractivity contribution in [1.82, 2.24) is 10.2 Å². The van der Waals surface area contributed by atoms with E-state index in [9.17, 15) is 0 Å². The summed E-state index contributed by atoms with van der Waals surface area (Å²) in [5.41, 5.74) is 0. The number of rotatable bonds is 2. The second-order valence-corrected chi connectivity index (χ2v) is 4.77. The SMILES string of the molecule is CC1CN(C(=S)NC2CC2)CC(CO)O1. The smallest absolute Gasteiger partial charge is 0.169 e. The summed E-state index contributed by atoms with van der Waals surface area (Å²) < 4.78 is 5.56. The zero-order chi connectivity index (χ0) is 10.8. The first-order valence-corrected chi connectivity index (χ1v) is 5.91. The standard InChI is InChI=1S/C10H18N2O2S/c1-7-4-12(5-9(6-13)14-7)10(15)11-8-2-3-8/h7-9,13H,2-6H2,1H3,(H,11,15). The summed E-state index contributed by atoms with van der Waals surface area (Å²) in [6, 6.07) is 0.586. The van der Waals surface area contributed by atoms with Gasteiger partial charge in [-0.15, -0.1) is 0 Å². The van der Waals surface area contributed by atoms with Crippen LogP contribution in [0.1, 0.15) is 19.8 Å². The van der Waals surface area contributed by atoms with Crippen LogP contribution < -0.4 is 5.32 Å². The van der Waals surface area contributed by atoms with Crippen LogP contribution in [0, 0.1) is 0 Å². The lowest BCUT2D eigenvalue weighted by Crippen LogP contribution is -2.53. The molecular formula is C10H18N2O2S. The number of aliphatic hydroxyl groups excluding tert-OH is 1. The van der Waals surface area contributed by atoms with E-state index in [0.717, 1.165) is 11.7 Å². The predicted octanol–water partition coefficient (Wildman–Crippen LogP) is 0.105. The molecule has 1 aliphatic heterocycles. The molecule has 2 atom stereocenters. The van der Waals surface area contributed by atoms with Crippen LogP contribution in [-0.4, -0.2) is 53.1 Å². The Labute approximate surface area is 95.6 Å². The van der Waals surface area contributed by atoms with Crippen LogP contribution in [0.25, 0.3) is 0 Å². The van der Waals surface area contributed by atoms with Gasteiger partial charge in [0, 0.05) is 19.1 Å². The van der Waals surface area contributed by atoms with Crippen molar-refractivity contribution in [2.45, 2.75) is 38.0 Å². The van der Waals surface area contributed by atoms with Gasteiger partial charge >= 0.3 is 0 Å². The number of nitrogens with zero attached hydrogens (tertiary/aromatic N) is 1. The fourth-order valence-electron chi connectivity index (χ4n) is 1.81. The number of thiocarbonyl (C=S) groups is 1. The monoisotopic (exact) mass is 230 g/mol. The minimum Gasteiger partial charge on any atom is -0.394 e. The first kappa shape index (κ1) is 11.1. The third-order valence-corrected chi connectivity index (χ3v) is 3.10. The Hall–Kier alpha value is -0.390. The van der Waals surface area contributed by atoms with E-state index in [1.807, 2.05) is 6.92 Å². The highest BCUT2D eigenvalue weighted by atomic mass is 32.1. The summed E-state index contributed by atoms with van der Waals surface area (Å²) in [6.45, 7) is 3.58. The average molecular weight is 230 g/mol. The third kappa shape index (κ3) is 3.03. The van der Waals surface area contributed by atoms with Gasteiger partial charge in [-0.05, 0) is 32.0 Å². The number of hydrogen-bond donors (Lipinski definition) is 2.